The largest absolute Gasteiger partial charge is 0.420 e. The number of hydrogen-bond acceptors (Lipinski definition) is 1. The van der Waals surface area contributed by atoms with Crippen molar-refractivity contribution in [2.24, 2.45) is 23.7 Å². The van der Waals surface area contributed by atoms with Crippen molar-refractivity contribution < 1.29 is 18.0 Å². The van der Waals surface area contributed by atoms with Crippen LogP contribution in [0.3, 0.4) is 0 Å². The van der Waals surface area contributed by atoms with E-state index < -0.39 is 23.5 Å². The van der Waals surface area contributed by atoms with Gasteiger partial charge in [-0.05, 0) is 47.8 Å². The summed E-state index contributed by atoms with van der Waals surface area (Å²) < 4.78 is 41.1. The van der Waals surface area contributed by atoms with E-state index in [2.05, 4.69) is 6.92 Å². The zero-order valence-corrected chi connectivity index (χ0v) is 14.9. The highest BCUT2D eigenvalue weighted by atomic mass is 19.4. The number of unbranched alkanes of at least 4 members (excludes halogenated alkanes) is 2. The molecular weight excluding hydrogens is 337 g/mol. The molecule has 4 heteroatoms. The van der Waals surface area contributed by atoms with Gasteiger partial charge in [0.05, 0.1) is 0 Å². The van der Waals surface area contributed by atoms with Crippen LogP contribution in [0, 0.1) is 23.7 Å². The number of aryl methyl sites for hydroxylation is 1. The average molecular weight is 360 g/mol. The third-order valence-electron chi connectivity index (χ3n) is 6.23. The molecule has 0 N–H and O–H groups in total. The Bertz CT molecular complexity index is 770. The highest BCUT2D eigenvalue weighted by molar-refractivity contribution is 6.11. The maximum Gasteiger partial charge on any atom is 0.420 e. The summed E-state index contributed by atoms with van der Waals surface area (Å²) >= 11 is 0. The summed E-state index contributed by atoms with van der Waals surface area (Å²) in [7, 11) is 0. The molecule has 1 nitrogen and oxygen atoms in total. The molecule has 1 fully saturated rings. The summed E-state index contributed by atoms with van der Waals surface area (Å²) in [6.45, 7) is 2.14. The maximum atomic E-state index is 13.7. The minimum Gasteiger partial charge on any atom is -0.294 e. The minimum atomic E-state index is -4.59. The molecule has 1 aromatic rings. The standard InChI is InChI=1S/C22H23F3O/c1-2-3-4-5-13-6-8-14(9-7-13)18-17-15-10-11-16(12-15)19(17)21(26)20(18)22(23,24)25/h6-11,15-17,19H,2-5,12H2,1H3/t15-,16+,17-,19-/m1/s1. The lowest BCUT2D eigenvalue weighted by Crippen LogP contribution is -2.25. The molecule has 0 aromatic heterocycles. The molecule has 3 aliphatic carbocycles. The fourth-order valence-electron chi connectivity index (χ4n) is 5.10. The van der Waals surface area contributed by atoms with Gasteiger partial charge in [0.1, 0.15) is 5.57 Å². The van der Waals surface area contributed by atoms with Crippen molar-refractivity contribution in [2.45, 2.75) is 45.2 Å². The van der Waals surface area contributed by atoms with Gasteiger partial charge in [-0.1, -0.05) is 56.2 Å². The van der Waals surface area contributed by atoms with E-state index in [4.69, 9.17) is 0 Å². The molecule has 4 atom stereocenters. The van der Waals surface area contributed by atoms with E-state index in [-0.39, 0.29) is 23.3 Å². The molecule has 0 amide bonds. The van der Waals surface area contributed by atoms with Crippen LogP contribution in [0.15, 0.2) is 42.0 Å². The number of rotatable bonds is 5. The highest BCUT2D eigenvalue weighted by Gasteiger charge is 2.60. The van der Waals surface area contributed by atoms with Crippen molar-refractivity contribution in [1.82, 2.24) is 0 Å². The van der Waals surface area contributed by atoms with Gasteiger partial charge < -0.3 is 0 Å². The second-order valence-corrected chi connectivity index (χ2v) is 7.80. The lowest BCUT2D eigenvalue weighted by atomic mass is 9.80. The molecular formula is C22H23F3O. The number of carbonyl (C=O) groups excluding carboxylic acids is 1. The van der Waals surface area contributed by atoms with Gasteiger partial charge in [0.2, 0.25) is 0 Å². The smallest absolute Gasteiger partial charge is 0.294 e. The van der Waals surface area contributed by atoms with E-state index in [9.17, 15) is 18.0 Å². The lowest BCUT2D eigenvalue weighted by Gasteiger charge is -2.22. The Hall–Kier alpha value is -1.84. The van der Waals surface area contributed by atoms with Crippen LogP contribution >= 0.6 is 0 Å². The molecule has 0 spiro atoms. The second kappa shape index (κ2) is 6.40. The van der Waals surface area contributed by atoms with Crippen LogP contribution in [-0.4, -0.2) is 12.0 Å². The third kappa shape index (κ3) is 2.74. The summed E-state index contributed by atoms with van der Waals surface area (Å²) in [5.74, 6) is -1.48. The van der Waals surface area contributed by atoms with Crippen molar-refractivity contribution in [3.8, 4) is 0 Å². The predicted molar refractivity (Wildman–Crippen MR) is 95.4 cm³/mol. The van der Waals surface area contributed by atoms with Gasteiger partial charge in [0, 0.05) is 11.8 Å². The minimum absolute atomic E-state index is 0.0272. The second-order valence-electron chi connectivity index (χ2n) is 7.80. The van der Waals surface area contributed by atoms with Crippen molar-refractivity contribution in [2.75, 3.05) is 0 Å². The van der Waals surface area contributed by atoms with E-state index in [0.29, 0.717) is 5.56 Å². The molecule has 1 saturated carbocycles. The van der Waals surface area contributed by atoms with E-state index in [0.717, 1.165) is 37.7 Å². The van der Waals surface area contributed by atoms with Crippen LogP contribution in [-0.2, 0) is 11.2 Å². The zero-order chi connectivity index (χ0) is 18.5. The molecule has 0 radical (unpaired) electrons. The van der Waals surface area contributed by atoms with Crippen molar-refractivity contribution in [3.05, 3.63) is 53.1 Å². The first-order chi connectivity index (χ1) is 12.4. The van der Waals surface area contributed by atoms with Gasteiger partial charge in [-0.2, -0.15) is 13.2 Å². The van der Waals surface area contributed by atoms with Crippen molar-refractivity contribution >= 4 is 11.4 Å². The Morgan fingerprint density at radius 3 is 2.27 bits per heavy atom. The first-order valence-electron chi connectivity index (χ1n) is 9.55. The summed E-state index contributed by atoms with van der Waals surface area (Å²) in [5.41, 5.74) is 1.05. The predicted octanol–water partition coefficient (Wildman–Crippen LogP) is 5.76. The molecule has 0 heterocycles. The Morgan fingerprint density at radius 2 is 1.65 bits per heavy atom. The lowest BCUT2D eigenvalue weighted by molar-refractivity contribution is -0.131. The van der Waals surface area contributed by atoms with Gasteiger partial charge >= 0.3 is 6.18 Å². The number of halogens is 3. The first-order valence-corrected chi connectivity index (χ1v) is 9.55. The SMILES string of the molecule is CCCCCc1ccc(C2=C(C(F)(F)F)C(=O)[C@H]3[C@@H]2[C@@H]2C=C[C@H]3C2)cc1. The van der Waals surface area contributed by atoms with Gasteiger partial charge in [0.15, 0.2) is 5.78 Å². The number of Topliss-reactive ketones (excluding diaryl/α,β-unsaturated/α-hetero) is 1. The Balaban J connectivity index is 1.70. The molecule has 0 saturated heterocycles. The number of carbonyl (C=O) groups is 1. The number of benzene rings is 1. The number of ketones is 1. The van der Waals surface area contributed by atoms with Crippen LogP contribution in [0.2, 0.25) is 0 Å². The number of alkyl halides is 3. The fourth-order valence-corrected chi connectivity index (χ4v) is 5.10. The summed E-state index contributed by atoms with van der Waals surface area (Å²) in [6.07, 6.45) is 4.50. The number of hydrogen-bond donors (Lipinski definition) is 0. The monoisotopic (exact) mass is 360 g/mol. The normalized spacial score (nSPS) is 29.8. The third-order valence-corrected chi connectivity index (χ3v) is 6.23. The van der Waals surface area contributed by atoms with Crippen molar-refractivity contribution in [1.29, 1.82) is 0 Å². The van der Waals surface area contributed by atoms with Crippen LogP contribution in [0.25, 0.3) is 5.57 Å². The van der Waals surface area contributed by atoms with E-state index in [1.807, 2.05) is 24.3 Å². The molecule has 0 aliphatic heterocycles. The average Bonchev–Trinajstić information content (AvgIpc) is 3.27. The Kier molecular flexibility index (Phi) is 4.32. The molecule has 1 aromatic carbocycles. The quantitative estimate of drug-likeness (QED) is 0.482. The molecule has 2 bridgehead atoms. The molecule has 138 valence electrons. The van der Waals surface area contributed by atoms with Crippen molar-refractivity contribution in [3.63, 3.8) is 0 Å². The van der Waals surface area contributed by atoms with Crippen LogP contribution in [0.5, 0.6) is 0 Å². The van der Waals surface area contributed by atoms with Crippen LogP contribution in [0.1, 0.15) is 43.7 Å². The van der Waals surface area contributed by atoms with Crippen LogP contribution < -0.4 is 0 Å². The topological polar surface area (TPSA) is 17.1 Å². The highest BCUT2D eigenvalue weighted by Crippen LogP contribution is 2.60. The molecule has 0 unspecified atom stereocenters. The van der Waals surface area contributed by atoms with Gasteiger partial charge in [0.25, 0.3) is 0 Å². The summed E-state index contributed by atoms with van der Waals surface area (Å²) in [5, 5.41) is 0. The van der Waals surface area contributed by atoms with Gasteiger partial charge in [-0.15, -0.1) is 0 Å². The Morgan fingerprint density at radius 1 is 1.00 bits per heavy atom. The van der Waals surface area contributed by atoms with E-state index in [1.54, 1.807) is 12.1 Å². The van der Waals surface area contributed by atoms with Gasteiger partial charge in [-0.25, -0.2) is 0 Å². The molecule has 26 heavy (non-hydrogen) atoms. The van der Waals surface area contributed by atoms with Crippen LogP contribution in [0.4, 0.5) is 13.2 Å². The first kappa shape index (κ1) is 17.6. The zero-order valence-electron chi connectivity index (χ0n) is 14.9. The van der Waals surface area contributed by atoms with Gasteiger partial charge in [-0.3, -0.25) is 4.79 Å². The van der Waals surface area contributed by atoms with E-state index >= 15 is 0 Å². The molecule has 3 aliphatic rings. The summed E-state index contributed by atoms with van der Waals surface area (Å²) in [4.78, 5) is 12.6. The fraction of sp³-hybridized carbons (Fsp3) is 0.500. The maximum absolute atomic E-state index is 13.7. The van der Waals surface area contributed by atoms with E-state index in [1.165, 1.54) is 0 Å². The Labute approximate surface area is 152 Å². The summed E-state index contributed by atoms with van der Waals surface area (Å²) in [6, 6.07) is 7.42. The number of fused-ring (bicyclic) bond motifs is 5. The number of allylic oxidation sites excluding steroid dienone is 4. The molecule has 4 rings (SSSR count).